The van der Waals surface area contributed by atoms with E-state index in [0.717, 1.165) is 21.6 Å². The monoisotopic (exact) mass is 402 g/mol. The molecule has 0 saturated carbocycles. The Labute approximate surface area is 141 Å². The fourth-order valence-corrected chi connectivity index (χ4v) is 3.63. The van der Waals surface area contributed by atoms with E-state index in [2.05, 4.69) is 52.9 Å². The normalized spacial score (nSPS) is 10.3. The number of hydrogen-bond donors (Lipinski definition) is 1. The van der Waals surface area contributed by atoms with Crippen molar-refractivity contribution in [3.8, 4) is 27.6 Å². The summed E-state index contributed by atoms with van der Waals surface area (Å²) in [6, 6.07) is 20.4. The topological polar surface area (TPSA) is 49.8 Å². The molecular formula is C17H11IN2S. The minimum Gasteiger partial charge on any atom is -0.396 e. The summed E-state index contributed by atoms with van der Waals surface area (Å²) in [4.78, 5) is 1.62. The lowest BCUT2D eigenvalue weighted by atomic mass is 10.0. The molecule has 102 valence electrons. The summed E-state index contributed by atoms with van der Waals surface area (Å²) < 4.78 is 1.18. The highest BCUT2D eigenvalue weighted by molar-refractivity contribution is 14.1. The van der Waals surface area contributed by atoms with Crippen molar-refractivity contribution >= 4 is 39.6 Å². The van der Waals surface area contributed by atoms with Gasteiger partial charge in [0.25, 0.3) is 0 Å². The third kappa shape index (κ3) is 2.67. The predicted octanol–water partition coefficient (Wildman–Crippen LogP) is 5.14. The van der Waals surface area contributed by atoms with E-state index in [-0.39, 0.29) is 0 Å². The Morgan fingerprint density at radius 3 is 2.24 bits per heavy atom. The van der Waals surface area contributed by atoms with Crippen LogP contribution >= 0.6 is 33.9 Å². The summed E-state index contributed by atoms with van der Waals surface area (Å²) in [6.07, 6.45) is 0. The van der Waals surface area contributed by atoms with Crippen LogP contribution in [0.5, 0.6) is 0 Å². The van der Waals surface area contributed by atoms with Crippen molar-refractivity contribution in [2.75, 3.05) is 5.73 Å². The van der Waals surface area contributed by atoms with Crippen LogP contribution in [-0.2, 0) is 0 Å². The molecule has 0 spiro atoms. The molecule has 0 bridgehead atoms. The van der Waals surface area contributed by atoms with Gasteiger partial charge >= 0.3 is 0 Å². The van der Waals surface area contributed by atoms with Crippen molar-refractivity contribution in [2.45, 2.75) is 0 Å². The molecule has 0 aliphatic carbocycles. The maximum absolute atomic E-state index is 9.27. The first-order chi connectivity index (χ1) is 10.2. The molecule has 0 saturated heterocycles. The van der Waals surface area contributed by atoms with Gasteiger partial charge in [0, 0.05) is 14.0 Å². The maximum atomic E-state index is 9.27. The number of anilines is 1. The molecule has 3 rings (SSSR count). The molecular weight excluding hydrogens is 391 g/mol. The fraction of sp³-hybridized carbons (Fsp3) is 0. The van der Waals surface area contributed by atoms with Gasteiger partial charge in [0.05, 0.1) is 5.69 Å². The first-order valence-electron chi connectivity index (χ1n) is 6.34. The van der Waals surface area contributed by atoms with E-state index < -0.39 is 0 Å². The highest BCUT2D eigenvalue weighted by Gasteiger charge is 2.18. The lowest BCUT2D eigenvalue weighted by Crippen LogP contribution is -1.89. The Balaban J connectivity index is 2.26. The quantitative estimate of drug-likeness (QED) is 0.604. The third-order valence-corrected chi connectivity index (χ3v) is 5.09. The van der Waals surface area contributed by atoms with Gasteiger partial charge in [-0.15, -0.1) is 11.3 Å². The van der Waals surface area contributed by atoms with Crippen LogP contribution in [0.15, 0.2) is 54.6 Å². The van der Waals surface area contributed by atoms with Gasteiger partial charge in [0.1, 0.15) is 10.9 Å². The molecule has 0 unspecified atom stereocenters. The minimum atomic E-state index is 0.572. The van der Waals surface area contributed by atoms with Crippen LogP contribution < -0.4 is 5.73 Å². The molecule has 0 aliphatic rings. The standard InChI is InChI=1S/C17H11IN2S/c18-13-8-6-12(7-9-13)17-15(11-4-2-1-3-5-11)16(20)14(10-19)21-17/h1-9H,20H2. The summed E-state index contributed by atoms with van der Waals surface area (Å²) in [5, 5.41) is 9.27. The molecule has 3 aromatic rings. The predicted molar refractivity (Wildman–Crippen MR) is 97.0 cm³/mol. The van der Waals surface area contributed by atoms with E-state index in [1.807, 2.05) is 30.3 Å². The molecule has 0 radical (unpaired) electrons. The lowest BCUT2D eigenvalue weighted by molar-refractivity contribution is 1.52. The number of thiophene rings is 1. The van der Waals surface area contributed by atoms with Gasteiger partial charge < -0.3 is 5.73 Å². The zero-order chi connectivity index (χ0) is 14.8. The zero-order valence-corrected chi connectivity index (χ0v) is 14.0. The summed E-state index contributed by atoms with van der Waals surface area (Å²) in [5.74, 6) is 0. The Morgan fingerprint density at radius 2 is 1.62 bits per heavy atom. The van der Waals surface area contributed by atoms with Gasteiger partial charge in [-0.25, -0.2) is 0 Å². The van der Waals surface area contributed by atoms with E-state index in [4.69, 9.17) is 5.73 Å². The van der Waals surface area contributed by atoms with Crippen molar-refractivity contribution < 1.29 is 0 Å². The lowest BCUT2D eigenvalue weighted by Gasteiger charge is -2.06. The van der Waals surface area contributed by atoms with Gasteiger partial charge in [-0.3, -0.25) is 0 Å². The first kappa shape index (κ1) is 14.1. The van der Waals surface area contributed by atoms with Crippen LogP contribution in [-0.4, -0.2) is 0 Å². The van der Waals surface area contributed by atoms with Crippen LogP contribution in [0.25, 0.3) is 21.6 Å². The summed E-state index contributed by atoms with van der Waals surface area (Å²) in [6.45, 7) is 0. The molecule has 0 amide bonds. The van der Waals surface area contributed by atoms with Crippen LogP contribution in [0.3, 0.4) is 0 Å². The number of nitrogens with zero attached hydrogens (tertiary/aromatic N) is 1. The number of benzene rings is 2. The van der Waals surface area contributed by atoms with Gasteiger partial charge in [0.2, 0.25) is 0 Å². The number of halogens is 1. The van der Waals surface area contributed by atoms with Crippen molar-refractivity contribution in [3.63, 3.8) is 0 Å². The van der Waals surface area contributed by atoms with Gasteiger partial charge in [-0.2, -0.15) is 5.26 Å². The van der Waals surface area contributed by atoms with Crippen LogP contribution in [0.4, 0.5) is 5.69 Å². The van der Waals surface area contributed by atoms with Crippen LogP contribution in [0.2, 0.25) is 0 Å². The molecule has 0 fully saturated rings. The summed E-state index contributed by atoms with van der Waals surface area (Å²) in [5.41, 5.74) is 9.86. The molecule has 0 atom stereocenters. The van der Waals surface area contributed by atoms with Crippen molar-refractivity contribution in [3.05, 3.63) is 63.0 Å². The van der Waals surface area contributed by atoms with Gasteiger partial charge in [-0.1, -0.05) is 42.5 Å². The smallest absolute Gasteiger partial charge is 0.129 e. The molecule has 2 aromatic carbocycles. The van der Waals surface area contributed by atoms with E-state index in [1.54, 1.807) is 0 Å². The molecule has 2 N–H and O–H groups in total. The number of nitrogens with two attached hydrogens (primary N) is 1. The highest BCUT2D eigenvalue weighted by Crippen LogP contribution is 2.44. The minimum absolute atomic E-state index is 0.572. The number of rotatable bonds is 2. The van der Waals surface area contributed by atoms with Crippen molar-refractivity contribution in [1.82, 2.24) is 0 Å². The highest BCUT2D eigenvalue weighted by atomic mass is 127. The molecule has 1 heterocycles. The SMILES string of the molecule is N#Cc1sc(-c2ccc(I)cc2)c(-c2ccccc2)c1N. The van der Waals surface area contributed by atoms with E-state index >= 15 is 0 Å². The largest absolute Gasteiger partial charge is 0.396 e. The zero-order valence-electron chi connectivity index (χ0n) is 11.0. The van der Waals surface area contributed by atoms with E-state index in [0.29, 0.717) is 10.6 Å². The second kappa shape index (κ2) is 5.88. The number of hydrogen-bond acceptors (Lipinski definition) is 3. The Hall–Kier alpha value is -1.84. The Bertz CT molecular complexity index is 814. The van der Waals surface area contributed by atoms with Gasteiger partial charge in [-0.05, 0) is 45.9 Å². The van der Waals surface area contributed by atoms with Gasteiger partial charge in [0.15, 0.2) is 0 Å². The summed E-state index contributed by atoms with van der Waals surface area (Å²) >= 11 is 3.73. The van der Waals surface area contributed by atoms with Crippen LogP contribution in [0.1, 0.15) is 4.88 Å². The van der Waals surface area contributed by atoms with Crippen molar-refractivity contribution in [1.29, 1.82) is 5.26 Å². The maximum Gasteiger partial charge on any atom is 0.129 e. The second-order valence-corrected chi connectivity index (χ2v) is 6.80. The Kier molecular flexibility index (Phi) is 3.95. The number of nitrogen functional groups attached to an aromatic ring is 1. The fourth-order valence-electron chi connectivity index (χ4n) is 2.22. The molecule has 0 aliphatic heterocycles. The third-order valence-electron chi connectivity index (χ3n) is 3.22. The van der Waals surface area contributed by atoms with Crippen molar-refractivity contribution in [2.24, 2.45) is 0 Å². The average molecular weight is 402 g/mol. The molecule has 21 heavy (non-hydrogen) atoms. The molecule has 4 heteroatoms. The summed E-state index contributed by atoms with van der Waals surface area (Å²) in [7, 11) is 0. The second-order valence-electron chi connectivity index (χ2n) is 4.53. The average Bonchev–Trinajstić information content (AvgIpc) is 2.85. The van der Waals surface area contributed by atoms with E-state index in [9.17, 15) is 5.26 Å². The first-order valence-corrected chi connectivity index (χ1v) is 8.24. The van der Waals surface area contributed by atoms with E-state index in [1.165, 1.54) is 14.9 Å². The molecule has 2 nitrogen and oxygen atoms in total. The Morgan fingerprint density at radius 1 is 0.952 bits per heavy atom. The van der Waals surface area contributed by atoms with Crippen LogP contribution in [0, 0.1) is 14.9 Å². The number of nitriles is 1. The molecule has 1 aromatic heterocycles.